The number of hydrogen-bond donors (Lipinski definition) is 3. The van der Waals surface area contributed by atoms with E-state index in [2.05, 4.69) is 25.7 Å². The van der Waals surface area contributed by atoms with Crippen molar-refractivity contribution in [2.45, 2.75) is 0 Å². The molecule has 0 radical (unpaired) electrons. The number of rotatable bonds is 5. The van der Waals surface area contributed by atoms with E-state index in [9.17, 15) is 4.79 Å². The van der Waals surface area contributed by atoms with Crippen molar-refractivity contribution in [1.82, 2.24) is 30.5 Å². The second kappa shape index (κ2) is 7.05. The third-order valence-electron chi connectivity index (χ3n) is 3.51. The number of nitrogens with two attached hydrogens (primary N) is 1. The fraction of sp³-hybridized carbons (Fsp3) is 0.188. The van der Waals surface area contributed by atoms with Crippen LogP contribution in [-0.2, 0) is 7.05 Å². The Morgan fingerprint density at radius 1 is 1.35 bits per heavy atom. The van der Waals surface area contributed by atoms with Crippen LogP contribution in [-0.4, -0.2) is 45.2 Å². The number of hydrogen-bond acceptors (Lipinski definition) is 8. The average molecular weight is 357 g/mol. The topological polar surface area (TPSA) is 133 Å². The van der Waals surface area contributed by atoms with E-state index in [1.807, 2.05) is 5.32 Å². The lowest BCUT2D eigenvalue weighted by Gasteiger charge is -2.15. The van der Waals surface area contributed by atoms with Crippen molar-refractivity contribution >= 4 is 23.1 Å². The number of carbonyl (C=O) groups is 1. The summed E-state index contributed by atoms with van der Waals surface area (Å²) in [6, 6.07) is 6.64. The minimum absolute atomic E-state index is 0.0435. The van der Waals surface area contributed by atoms with Crippen LogP contribution in [0.5, 0.6) is 5.75 Å². The van der Waals surface area contributed by atoms with Crippen molar-refractivity contribution in [3.8, 4) is 17.0 Å². The lowest BCUT2D eigenvalue weighted by atomic mass is 10.1. The van der Waals surface area contributed by atoms with Gasteiger partial charge in [-0.05, 0) is 12.1 Å². The van der Waals surface area contributed by atoms with Gasteiger partial charge in [0, 0.05) is 29.8 Å². The maximum Gasteiger partial charge on any atom is 0.273 e. The van der Waals surface area contributed by atoms with Crippen molar-refractivity contribution in [1.29, 1.82) is 0 Å². The molecule has 134 valence electrons. The van der Waals surface area contributed by atoms with Gasteiger partial charge in [0.25, 0.3) is 5.91 Å². The Morgan fingerprint density at radius 3 is 2.88 bits per heavy atom. The summed E-state index contributed by atoms with van der Waals surface area (Å²) in [4.78, 5) is 13.7. The van der Waals surface area contributed by atoms with E-state index < -0.39 is 12.9 Å². The van der Waals surface area contributed by atoms with Crippen LogP contribution < -0.4 is 21.1 Å². The molecule has 0 spiro atoms. The number of methoxy groups -OCH3 is 1. The molecule has 1 amide bonds. The molecular weight excluding hydrogens is 336 g/mol. The van der Waals surface area contributed by atoms with E-state index in [1.54, 1.807) is 31.4 Å². The van der Waals surface area contributed by atoms with Gasteiger partial charge in [0.05, 0.1) is 24.7 Å². The molecule has 0 bridgehead atoms. The Kier molecular flexibility index (Phi) is 3.68. The summed E-state index contributed by atoms with van der Waals surface area (Å²) in [5.74, 6) is -0.448. The Morgan fingerprint density at radius 2 is 2.19 bits per heavy atom. The van der Waals surface area contributed by atoms with Crippen LogP contribution in [0.25, 0.3) is 11.3 Å². The molecule has 26 heavy (non-hydrogen) atoms. The van der Waals surface area contributed by atoms with Crippen molar-refractivity contribution in [3.63, 3.8) is 0 Å². The standard InChI is InChI=1S/C16H18N8O2/c1-18-16(25)14-11(7-13(17)21-22-14)20-10-6-4-5-9(15(10)26-3)12-8-19-24(2)23-12/h4-8H,1-3H3,(H,18,25)(H3,17,20,21)/i1D3. The predicted molar refractivity (Wildman–Crippen MR) is 96.1 cm³/mol. The van der Waals surface area contributed by atoms with Gasteiger partial charge in [0.15, 0.2) is 11.4 Å². The molecule has 1 aromatic carbocycles. The summed E-state index contributed by atoms with van der Waals surface area (Å²) >= 11 is 0. The van der Waals surface area contributed by atoms with Gasteiger partial charge in [0.2, 0.25) is 0 Å². The molecule has 10 heteroatoms. The summed E-state index contributed by atoms with van der Waals surface area (Å²) in [5.41, 5.74) is 7.34. The molecule has 0 saturated heterocycles. The molecular formula is C16H18N8O2. The predicted octanol–water partition coefficient (Wildman–Crippen LogP) is 0.966. The summed E-state index contributed by atoms with van der Waals surface area (Å²) in [5, 5.41) is 20.6. The maximum atomic E-state index is 12.3. The number of aromatic nitrogens is 5. The zero-order valence-corrected chi connectivity index (χ0v) is 14.0. The fourth-order valence-electron chi connectivity index (χ4n) is 2.40. The minimum Gasteiger partial charge on any atom is -0.494 e. The summed E-state index contributed by atoms with van der Waals surface area (Å²) in [6.07, 6.45) is 1.59. The van der Waals surface area contributed by atoms with Crippen LogP contribution in [0.15, 0.2) is 30.5 Å². The van der Waals surface area contributed by atoms with Crippen LogP contribution in [0.4, 0.5) is 17.2 Å². The smallest absolute Gasteiger partial charge is 0.273 e. The van der Waals surface area contributed by atoms with Crippen molar-refractivity contribution in [2.24, 2.45) is 7.05 Å². The SMILES string of the molecule is [2H]C([2H])([2H])NC(=O)c1nnc(N)cc1Nc1cccc(-c2cnn(C)n2)c1OC. The number of nitrogen functional groups attached to an aromatic ring is 1. The van der Waals surface area contributed by atoms with Crippen molar-refractivity contribution in [3.05, 3.63) is 36.2 Å². The van der Waals surface area contributed by atoms with E-state index in [0.717, 1.165) is 0 Å². The Bertz CT molecular complexity index is 1050. The minimum atomic E-state index is -2.68. The van der Waals surface area contributed by atoms with Gasteiger partial charge in [-0.1, -0.05) is 6.07 Å². The van der Waals surface area contributed by atoms with Gasteiger partial charge in [0.1, 0.15) is 11.5 Å². The highest BCUT2D eigenvalue weighted by molar-refractivity contribution is 5.98. The normalized spacial score (nSPS) is 12.6. The van der Waals surface area contributed by atoms with Crippen molar-refractivity contribution in [2.75, 3.05) is 25.1 Å². The van der Waals surface area contributed by atoms with Gasteiger partial charge in [-0.25, -0.2) is 0 Å². The fourth-order valence-corrected chi connectivity index (χ4v) is 2.40. The Balaban J connectivity index is 2.02. The number of nitrogens with one attached hydrogen (secondary N) is 2. The number of para-hydroxylation sites is 1. The number of aryl methyl sites for hydroxylation is 1. The van der Waals surface area contributed by atoms with Crippen LogP contribution in [0.1, 0.15) is 14.6 Å². The number of anilines is 3. The van der Waals surface area contributed by atoms with Crippen LogP contribution in [0, 0.1) is 0 Å². The van der Waals surface area contributed by atoms with Crippen molar-refractivity contribution < 1.29 is 13.6 Å². The Labute approximate surface area is 153 Å². The maximum absolute atomic E-state index is 12.3. The molecule has 2 heterocycles. The molecule has 0 saturated carbocycles. The number of nitrogens with zero attached hydrogens (tertiary/aromatic N) is 5. The van der Waals surface area contributed by atoms with E-state index in [4.69, 9.17) is 14.6 Å². The first-order valence-electron chi connectivity index (χ1n) is 8.94. The Hall–Kier alpha value is -3.69. The lowest BCUT2D eigenvalue weighted by Crippen LogP contribution is -2.21. The van der Waals surface area contributed by atoms with Gasteiger partial charge < -0.3 is 21.1 Å². The number of amides is 1. The average Bonchev–Trinajstić information content (AvgIpc) is 3.06. The molecule has 3 aromatic rings. The van der Waals surface area contributed by atoms with Crippen LogP contribution in [0.3, 0.4) is 0 Å². The molecule has 0 aliphatic rings. The number of benzene rings is 1. The first-order valence-corrected chi connectivity index (χ1v) is 7.44. The quantitative estimate of drug-likeness (QED) is 0.615. The van der Waals surface area contributed by atoms with Gasteiger partial charge in [-0.2, -0.15) is 15.0 Å². The molecule has 4 N–H and O–H groups in total. The monoisotopic (exact) mass is 357 g/mol. The highest BCUT2D eigenvalue weighted by atomic mass is 16.5. The highest BCUT2D eigenvalue weighted by Crippen LogP contribution is 2.37. The molecule has 10 nitrogen and oxygen atoms in total. The molecule has 3 rings (SSSR count). The number of ether oxygens (including phenoxy) is 1. The number of carbonyl (C=O) groups excluding carboxylic acids is 1. The summed E-state index contributed by atoms with van der Waals surface area (Å²) in [6.45, 7) is -2.68. The van der Waals surface area contributed by atoms with E-state index in [0.29, 0.717) is 22.7 Å². The van der Waals surface area contributed by atoms with Gasteiger partial charge >= 0.3 is 0 Å². The molecule has 0 fully saturated rings. The molecule has 0 atom stereocenters. The third-order valence-corrected chi connectivity index (χ3v) is 3.51. The first kappa shape index (κ1) is 13.6. The second-order valence-corrected chi connectivity index (χ2v) is 5.22. The van der Waals surface area contributed by atoms with E-state index in [-0.39, 0.29) is 17.2 Å². The van der Waals surface area contributed by atoms with Gasteiger partial charge in [-0.3, -0.25) is 4.79 Å². The summed E-state index contributed by atoms with van der Waals surface area (Å²) < 4.78 is 27.1. The third kappa shape index (κ3) is 3.24. The zero-order valence-electron chi connectivity index (χ0n) is 17.0. The van der Waals surface area contributed by atoms with Crippen LogP contribution in [0.2, 0.25) is 0 Å². The second-order valence-electron chi connectivity index (χ2n) is 5.22. The summed E-state index contributed by atoms with van der Waals surface area (Å²) in [7, 11) is 3.18. The highest BCUT2D eigenvalue weighted by Gasteiger charge is 2.18. The molecule has 0 aliphatic carbocycles. The van der Waals surface area contributed by atoms with E-state index >= 15 is 0 Å². The lowest BCUT2D eigenvalue weighted by molar-refractivity contribution is 0.0958. The molecule has 0 aliphatic heterocycles. The molecule has 2 aromatic heterocycles. The molecule has 0 unspecified atom stereocenters. The van der Waals surface area contributed by atoms with Gasteiger partial charge in [-0.15, -0.1) is 10.2 Å². The largest absolute Gasteiger partial charge is 0.494 e. The zero-order chi connectivity index (χ0) is 21.2. The first-order chi connectivity index (χ1) is 13.7. The van der Waals surface area contributed by atoms with E-state index in [1.165, 1.54) is 18.0 Å². The van der Waals surface area contributed by atoms with Crippen LogP contribution >= 0.6 is 0 Å².